The van der Waals surface area contributed by atoms with Gasteiger partial charge in [0, 0.05) is 18.4 Å². The Morgan fingerprint density at radius 3 is 3.12 bits per heavy atom. The molecule has 0 aliphatic carbocycles. The molecule has 1 aliphatic heterocycles. The van der Waals surface area contributed by atoms with E-state index in [2.05, 4.69) is 9.88 Å². The minimum atomic E-state index is 0.185. The largest absolute Gasteiger partial charge is 0.394 e. The Morgan fingerprint density at radius 1 is 1.59 bits per heavy atom. The highest BCUT2D eigenvalue weighted by molar-refractivity contribution is 7.80. The third kappa shape index (κ3) is 2.73. The molecule has 1 aromatic rings. The van der Waals surface area contributed by atoms with Gasteiger partial charge in [0.1, 0.15) is 4.99 Å². The van der Waals surface area contributed by atoms with Gasteiger partial charge in [-0.05, 0) is 31.4 Å². The molecule has 2 heterocycles. The molecule has 0 spiro atoms. The number of hydrogen-bond donors (Lipinski definition) is 2. The first-order chi connectivity index (χ1) is 8.22. The number of pyridine rings is 1. The van der Waals surface area contributed by atoms with E-state index in [0.717, 1.165) is 25.1 Å². The van der Waals surface area contributed by atoms with Crippen LogP contribution in [0.2, 0.25) is 0 Å². The quantitative estimate of drug-likeness (QED) is 0.787. The van der Waals surface area contributed by atoms with Gasteiger partial charge in [0.25, 0.3) is 0 Å². The molecule has 2 rings (SSSR count). The number of anilines is 1. The summed E-state index contributed by atoms with van der Waals surface area (Å²) in [7, 11) is 0. The fourth-order valence-electron chi connectivity index (χ4n) is 2.26. The fraction of sp³-hybridized carbons (Fsp3) is 0.500. The highest BCUT2D eigenvalue weighted by atomic mass is 32.1. The van der Waals surface area contributed by atoms with Gasteiger partial charge >= 0.3 is 0 Å². The van der Waals surface area contributed by atoms with Gasteiger partial charge in [0.05, 0.1) is 18.3 Å². The van der Waals surface area contributed by atoms with E-state index in [0.29, 0.717) is 10.7 Å². The molecule has 1 aliphatic rings. The number of aliphatic hydroxyl groups is 1. The SMILES string of the molecule is NC(=S)c1cc(N2CCCCC2CO)ccn1. The molecule has 1 atom stereocenters. The van der Waals surface area contributed by atoms with Gasteiger partial charge in [-0.1, -0.05) is 12.2 Å². The summed E-state index contributed by atoms with van der Waals surface area (Å²) in [6.07, 6.45) is 5.07. The van der Waals surface area contributed by atoms with Crippen LogP contribution >= 0.6 is 12.2 Å². The van der Waals surface area contributed by atoms with Gasteiger partial charge in [-0.15, -0.1) is 0 Å². The highest BCUT2D eigenvalue weighted by Crippen LogP contribution is 2.24. The fourth-order valence-corrected chi connectivity index (χ4v) is 2.37. The minimum Gasteiger partial charge on any atom is -0.394 e. The lowest BCUT2D eigenvalue weighted by molar-refractivity contribution is 0.240. The summed E-state index contributed by atoms with van der Waals surface area (Å²) in [6, 6.07) is 4.04. The predicted molar refractivity (Wildman–Crippen MR) is 72.2 cm³/mol. The monoisotopic (exact) mass is 251 g/mol. The van der Waals surface area contributed by atoms with E-state index in [4.69, 9.17) is 18.0 Å². The third-order valence-electron chi connectivity index (χ3n) is 3.17. The first-order valence-electron chi connectivity index (χ1n) is 5.85. The van der Waals surface area contributed by atoms with Gasteiger partial charge in [-0.3, -0.25) is 4.98 Å². The minimum absolute atomic E-state index is 0.185. The number of aliphatic hydroxyl groups excluding tert-OH is 1. The summed E-state index contributed by atoms with van der Waals surface area (Å²) in [5, 5.41) is 9.39. The number of piperidine rings is 1. The van der Waals surface area contributed by atoms with Gasteiger partial charge in [-0.25, -0.2) is 0 Å². The molecule has 5 heteroatoms. The molecule has 0 aromatic carbocycles. The topological polar surface area (TPSA) is 62.4 Å². The van der Waals surface area contributed by atoms with E-state index < -0.39 is 0 Å². The molecular weight excluding hydrogens is 234 g/mol. The molecule has 1 saturated heterocycles. The Morgan fingerprint density at radius 2 is 2.41 bits per heavy atom. The maximum absolute atomic E-state index is 9.39. The third-order valence-corrected chi connectivity index (χ3v) is 3.37. The number of rotatable bonds is 3. The number of nitrogens with zero attached hydrogens (tertiary/aromatic N) is 2. The molecule has 0 radical (unpaired) electrons. The second-order valence-corrected chi connectivity index (χ2v) is 4.73. The van der Waals surface area contributed by atoms with Crippen molar-refractivity contribution in [2.45, 2.75) is 25.3 Å². The van der Waals surface area contributed by atoms with Gasteiger partial charge in [-0.2, -0.15) is 0 Å². The lowest BCUT2D eigenvalue weighted by Gasteiger charge is -2.36. The first-order valence-corrected chi connectivity index (χ1v) is 6.26. The second kappa shape index (κ2) is 5.42. The van der Waals surface area contributed by atoms with E-state index in [1.807, 2.05) is 12.1 Å². The predicted octanol–water partition coefficient (Wildman–Crippen LogP) is 1.07. The van der Waals surface area contributed by atoms with Crippen LogP contribution in [-0.2, 0) is 0 Å². The molecule has 1 fully saturated rings. The van der Waals surface area contributed by atoms with Crippen LogP contribution in [0, 0.1) is 0 Å². The normalized spacial score (nSPS) is 20.3. The molecule has 0 bridgehead atoms. The standard InChI is InChI=1S/C12H17N3OS/c13-12(17)11-7-9(4-5-14-11)15-6-2-1-3-10(15)8-16/h4-5,7,10,16H,1-3,6,8H2,(H2,13,17). The van der Waals surface area contributed by atoms with Crippen molar-refractivity contribution in [3.05, 3.63) is 24.0 Å². The Balaban J connectivity index is 2.25. The molecule has 0 saturated carbocycles. The van der Waals surface area contributed by atoms with Crippen LogP contribution in [0.15, 0.2) is 18.3 Å². The van der Waals surface area contributed by atoms with Crippen molar-refractivity contribution < 1.29 is 5.11 Å². The van der Waals surface area contributed by atoms with E-state index in [9.17, 15) is 5.11 Å². The van der Waals surface area contributed by atoms with Crippen LogP contribution in [0.25, 0.3) is 0 Å². The summed E-state index contributed by atoms with van der Waals surface area (Å²) >= 11 is 4.93. The van der Waals surface area contributed by atoms with Gasteiger partial charge < -0.3 is 15.7 Å². The van der Waals surface area contributed by atoms with Crippen LogP contribution in [0.1, 0.15) is 25.0 Å². The molecule has 3 N–H and O–H groups in total. The zero-order chi connectivity index (χ0) is 12.3. The average molecular weight is 251 g/mol. The summed E-state index contributed by atoms with van der Waals surface area (Å²) in [6.45, 7) is 1.15. The summed E-state index contributed by atoms with van der Waals surface area (Å²) in [5.74, 6) is 0. The van der Waals surface area contributed by atoms with Crippen molar-refractivity contribution in [3.63, 3.8) is 0 Å². The van der Waals surface area contributed by atoms with Crippen molar-refractivity contribution in [2.75, 3.05) is 18.1 Å². The van der Waals surface area contributed by atoms with E-state index in [-0.39, 0.29) is 12.6 Å². The van der Waals surface area contributed by atoms with Crippen LogP contribution in [0.4, 0.5) is 5.69 Å². The van der Waals surface area contributed by atoms with Gasteiger partial charge in [0.2, 0.25) is 0 Å². The zero-order valence-electron chi connectivity index (χ0n) is 9.67. The molecule has 4 nitrogen and oxygen atoms in total. The first kappa shape index (κ1) is 12.3. The molecule has 1 aromatic heterocycles. The van der Waals surface area contributed by atoms with Crippen LogP contribution in [0.3, 0.4) is 0 Å². The number of thiocarbonyl (C=S) groups is 1. The van der Waals surface area contributed by atoms with Crippen molar-refractivity contribution in [1.29, 1.82) is 0 Å². The van der Waals surface area contributed by atoms with Crippen molar-refractivity contribution >= 4 is 22.9 Å². The molecule has 1 unspecified atom stereocenters. The van der Waals surface area contributed by atoms with Crippen LogP contribution < -0.4 is 10.6 Å². The summed E-state index contributed by atoms with van der Waals surface area (Å²) < 4.78 is 0. The van der Waals surface area contributed by atoms with E-state index in [1.165, 1.54) is 6.42 Å². The average Bonchev–Trinajstić information content (AvgIpc) is 2.39. The molecule has 17 heavy (non-hydrogen) atoms. The maximum atomic E-state index is 9.39. The van der Waals surface area contributed by atoms with E-state index >= 15 is 0 Å². The molecular formula is C12H17N3OS. The van der Waals surface area contributed by atoms with E-state index in [1.54, 1.807) is 6.20 Å². The van der Waals surface area contributed by atoms with Crippen LogP contribution in [0.5, 0.6) is 0 Å². The number of aromatic nitrogens is 1. The lowest BCUT2D eigenvalue weighted by atomic mass is 10.0. The lowest BCUT2D eigenvalue weighted by Crippen LogP contribution is -2.42. The van der Waals surface area contributed by atoms with Crippen LogP contribution in [-0.4, -0.2) is 34.3 Å². The van der Waals surface area contributed by atoms with Gasteiger partial charge in [0.15, 0.2) is 0 Å². The maximum Gasteiger partial charge on any atom is 0.122 e. The highest BCUT2D eigenvalue weighted by Gasteiger charge is 2.22. The Kier molecular flexibility index (Phi) is 3.91. The number of hydrogen-bond acceptors (Lipinski definition) is 4. The summed E-state index contributed by atoms with van der Waals surface area (Å²) in [5.41, 5.74) is 7.26. The summed E-state index contributed by atoms with van der Waals surface area (Å²) in [4.78, 5) is 6.65. The van der Waals surface area contributed by atoms with Crippen molar-refractivity contribution in [3.8, 4) is 0 Å². The van der Waals surface area contributed by atoms with Crippen molar-refractivity contribution in [1.82, 2.24) is 4.98 Å². The second-order valence-electron chi connectivity index (χ2n) is 4.29. The smallest absolute Gasteiger partial charge is 0.122 e. The van der Waals surface area contributed by atoms with Crippen molar-refractivity contribution in [2.24, 2.45) is 5.73 Å². The zero-order valence-corrected chi connectivity index (χ0v) is 10.5. The molecule has 92 valence electrons. The Bertz CT molecular complexity index is 410. The number of nitrogens with two attached hydrogens (primary N) is 1. The molecule has 0 amide bonds. The Labute approximate surface area is 106 Å². The Hall–Kier alpha value is -1.20.